The molecule has 0 saturated heterocycles. The van der Waals surface area contributed by atoms with Crippen molar-refractivity contribution in [2.24, 2.45) is 11.0 Å². The average molecular weight is 833 g/mol. The number of aromatic amines is 2. The van der Waals surface area contributed by atoms with Crippen molar-refractivity contribution < 1.29 is 43.7 Å². The van der Waals surface area contributed by atoms with E-state index in [0.29, 0.717) is 16.0 Å². The van der Waals surface area contributed by atoms with Gasteiger partial charge in [0.15, 0.2) is 23.3 Å². The molecule has 0 amide bonds. The molecular weight excluding hydrogens is 813 g/mol. The summed E-state index contributed by atoms with van der Waals surface area (Å²) in [4.78, 5) is 37.2. The van der Waals surface area contributed by atoms with Crippen LogP contribution in [0.4, 0.5) is 0 Å². The van der Waals surface area contributed by atoms with Gasteiger partial charge < -0.3 is 9.97 Å². The lowest BCUT2D eigenvalue weighted by atomic mass is 10.1. The quantitative estimate of drug-likeness (QED) is 0.0600. The maximum absolute atomic E-state index is 12.9. The van der Waals surface area contributed by atoms with Crippen LogP contribution in [0, 0.1) is 0 Å². The Morgan fingerprint density at radius 1 is 0.554 bits per heavy atom. The van der Waals surface area contributed by atoms with Gasteiger partial charge in [0.05, 0.1) is 27.4 Å². The van der Waals surface area contributed by atoms with Crippen molar-refractivity contribution in [2.45, 2.75) is 19.6 Å². The molecule has 56 heavy (non-hydrogen) atoms. The molecule has 9 rings (SSSR count). The van der Waals surface area contributed by atoms with Gasteiger partial charge in [0.25, 0.3) is 20.2 Å². The zero-order valence-electron chi connectivity index (χ0n) is 27.6. The monoisotopic (exact) mass is 832 g/mol. The minimum absolute atomic E-state index is 0.00149. The smallest absolute Gasteiger partial charge is 0.295 e. The van der Waals surface area contributed by atoms with Crippen molar-refractivity contribution in [2.75, 3.05) is 0 Å². The lowest BCUT2D eigenvalue weighted by Crippen LogP contribution is -2.12. The number of sulfonamides is 1. The summed E-state index contributed by atoms with van der Waals surface area (Å²) in [5, 5.41) is 5.88. The van der Waals surface area contributed by atoms with Gasteiger partial charge in [0.1, 0.15) is 32.4 Å². The topological polar surface area (TPSA) is 322 Å². The van der Waals surface area contributed by atoms with Crippen molar-refractivity contribution in [3.8, 4) is 45.6 Å². The van der Waals surface area contributed by atoms with Gasteiger partial charge in [-0.25, -0.2) is 43.5 Å². The largest absolute Gasteiger partial charge is 0.324 e. The zero-order valence-corrected chi connectivity index (χ0v) is 30.8. The summed E-state index contributed by atoms with van der Waals surface area (Å²) in [7, 11) is -14.2. The molecule has 20 nitrogen and oxygen atoms in total. The molecule has 8 bridgehead atoms. The molecule has 7 aromatic rings. The van der Waals surface area contributed by atoms with E-state index >= 15 is 0 Å². The molecule has 2 aliphatic heterocycles. The first kappa shape index (κ1) is 35.9. The van der Waals surface area contributed by atoms with Gasteiger partial charge in [0, 0.05) is 38.2 Å². The van der Waals surface area contributed by atoms with Crippen LogP contribution in [-0.4, -0.2) is 74.2 Å². The molecule has 0 aliphatic carbocycles. The van der Waals surface area contributed by atoms with Crippen molar-refractivity contribution in [1.82, 2.24) is 39.9 Å². The van der Waals surface area contributed by atoms with Crippen molar-refractivity contribution in [3.05, 3.63) is 72.8 Å². The van der Waals surface area contributed by atoms with Gasteiger partial charge in [-0.1, -0.05) is 48.5 Å². The number of benzene rings is 4. The standard InChI is InChI=1S/C32H20N10O10S4/c33-51-52-53-17-9-1-5-13-21(17)29-35-25(13)37-30-22-14(6-2-10-18(22)54(34,43)44)26(38-30)39-31-24-16(8-4-12-20(24)56(48,49)50)28(41-31)42-32-23-15(27(36-29)40-32)7-3-11-19(23)55(45,46)47/h1-12H,33H2,(H2,34,43,44)(H,45,46,47)(H,48,49,50)(H2,35,36,37,38,39,40,41,42). The Hall–Kier alpha value is -5.80. The van der Waals surface area contributed by atoms with E-state index in [2.05, 4.69) is 29.9 Å². The van der Waals surface area contributed by atoms with Gasteiger partial charge in [-0.15, -0.1) is 9.32 Å². The van der Waals surface area contributed by atoms with Crippen LogP contribution in [0.25, 0.3) is 89.7 Å². The Morgan fingerprint density at radius 3 is 1.57 bits per heavy atom. The number of primary sulfonamides is 1. The van der Waals surface area contributed by atoms with Crippen molar-refractivity contribution in [1.29, 1.82) is 0 Å². The van der Waals surface area contributed by atoms with Crippen LogP contribution in [-0.2, 0) is 39.6 Å². The van der Waals surface area contributed by atoms with E-state index in [0.717, 1.165) is 24.2 Å². The van der Waals surface area contributed by atoms with E-state index in [9.17, 15) is 34.4 Å². The third kappa shape index (κ3) is 5.79. The molecule has 24 heteroatoms. The van der Waals surface area contributed by atoms with Crippen molar-refractivity contribution >= 4 is 86.4 Å². The average Bonchev–Trinajstić information content (AvgIpc) is 3.88. The number of nitrogens with zero attached hydrogens (tertiary/aromatic N) is 6. The van der Waals surface area contributed by atoms with E-state index in [1.165, 1.54) is 42.5 Å². The lowest BCUT2D eigenvalue weighted by Gasteiger charge is -2.05. The van der Waals surface area contributed by atoms with Crippen LogP contribution < -0.4 is 11.0 Å². The highest BCUT2D eigenvalue weighted by atomic mass is 32.2. The van der Waals surface area contributed by atoms with Gasteiger partial charge in [0.2, 0.25) is 10.0 Å². The number of hydrogen-bond donors (Lipinski definition) is 6. The van der Waals surface area contributed by atoms with Gasteiger partial charge in [-0.05, 0) is 24.3 Å². The Labute approximate surface area is 317 Å². The second-order valence-electron chi connectivity index (χ2n) is 12.1. The zero-order chi connectivity index (χ0) is 39.3. The fourth-order valence-electron chi connectivity index (χ4n) is 6.65. The molecule has 8 N–H and O–H groups in total. The molecule has 0 atom stereocenters. The summed E-state index contributed by atoms with van der Waals surface area (Å²) in [6, 6.07) is 17.1. The molecule has 282 valence electrons. The highest BCUT2D eigenvalue weighted by Gasteiger charge is 2.30. The predicted octanol–water partition coefficient (Wildman–Crippen LogP) is 3.84. The first-order valence-electron chi connectivity index (χ1n) is 15.6. The number of H-pyrrole nitrogens is 2. The predicted molar refractivity (Wildman–Crippen MR) is 199 cm³/mol. The van der Waals surface area contributed by atoms with Crippen LogP contribution in [0.3, 0.4) is 0 Å². The van der Waals surface area contributed by atoms with E-state index in [1.54, 1.807) is 18.2 Å². The molecule has 0 unspecified atom stereocenters. The number of hydrogen-bond acceptors (Lipinski definition) is 16. The second kappa shape index (κ2) is 12.6. The van der Waals surface area contributed by atoms with E-state index in [1.807, 2.05) is 0 Å². The first-order valence-corrected chi connectivity index (χ1v) is 20.8. The van der Waals surface area contributed by atoms with E-state index < -0.39 is 40.1 Å². The SMILES string of the molecule is NOOSc1cccc2c1-c1nc-2nc2[nH]c(nc3nc(nc4[nH]c(n1)c1cccc(S(=O)(=O)O)c41)-c1cccc(S(=O)(=O)O)c1-3)c1cccc(S(N)(=O)=O)c21. The summed E-state index contributed by atoms with van der Waals surface area (Å²) >= 11 is 0.718. The van der Waals surface area contributed by atoms with Gasteiger partial charge >= 0.3 is 0 Å². The molecule has 0 saturated carbocycles. The Morgan fingerprint density at radius 2 is 1.02 bits per heavy atom. The number of aromatic nitrogens is 8. The minimum atomic E-state index is -4.92. The van der Waals surface area contributed by atoms with Crippen LogP contribution >= 0.6 is 12.0 Å². The number of nitrogens with two attached hydrogens (primary N) is 2. The van der Waals surface area contributed by atoms with Gasteiger partial charge in [-0.3, -0.25) is 9.11 Å². The summed E-state index contributed by atoms with van der Waals surface area (Å²) < 4.78 is 102. The molecule has 0 fully saturated rings. The minimum Gasteiger partial charge on any atom is -0.324 e. The van der Waals surface area contributed by atoms with Crippen LogP contribution in [0.15, 0.2) is 92.4 Å². The van der Waals surface area contributed by atoms with Crippen molar-refractivity contribution in [3.63, 3.8) is 0 Å². The third-order valence-electron chi connectivity index (χ3n) is 8.81. The van der Waals surface area contributed by atoms with Crippen LogP contribution in [0.5, 0.6) is 0 Å². The summed E-state index contributed by atoms with van der Waals surface area (Å²) in [5.41, 5.74) is 0.280. The third-order valence-corrected chi connectivity index (χ3v) is 12.2. The fourth-order valence-corrected chi connectivity index (χ4v) is 9.37. The van der Waals surface area contributed by atoms with Gasteiger partial charge in [-0.2, -0.15) is 22.7 Å². The Kier molecular flexibility index (Phi) is 8.08. The second-order valence-corrected chi connectivity index (χ2v) is 17.1. The number of nitrogens with one attached hydrogen (secondary N) is 2. The molecule has 4 aromatic carbocycles. The van der Waals surface area contributed by atoms with E-state index in [-0.39, 0.29) is 83.5 Å². The highest BCUT2D eigenvalue weighted by molar-refractivity contribution is 7.94. The van der Waals surface area contributed by atoms with E-state index in [4.69, 9.17) is 30.3 Å². The molecule has 3 aromatic heterocycles. The Bertz CT molecular complexity index is 3370. The Balaban J connectivity index is 1.55. The molecule has 0 radical (unpaired) electrons. The molecular formula is C32H20N10O10S4. The summed E-state index contributed by atoms with van der Waals surface area (Å²) in [6.45, 7) is 0. The molecule has 2 aliphatic rings. The molecule has 0 spiro atoms. The summed E-state index contributed by atoms with van der Waals surface area (Å²) in [6.07, 6.45) is 0. The maximum atomic E-state index is 12.9. The number of rotatable bonds is 6. The van der Waals surface area contributed by atoms with Crippen LogP contribution in [0.1, 0.15) is 0 Å². The fraction of sp³-hybridized carbons (Fsp3) is 0. The normalized spacial score (nSPS) is 12.9. The molecule has 5 heterocycles. The number of fused-ring (bicyclic) bond motifs is 20. The lowest BCUT2D eigenvalue weighted by molar-refractivity contribution is -0.195. The summed E-state index contributed by atoms with van der Waals surface area (Å²) in [5.74, 6) is 4.65. The first-order chi connectivity index (χ1) is 26.6. The van der Waals surface area contributed by atoms with Crippen LogP contribution in [0.2, 0.25) is 0 Å². The highest BCUT2D eigenvalue weighted by Crippen LogP contribution is 2.43. The maximum Gasteiger partial charge on any atom is 0.295 e.